The van der Waals surface area contributed by atoms with E-state index in [4.69, 9.17) is 5.11 Å². The number of methoxy groups -OCH3 is 1. The molecule has 0 aromatic heterocycles. The molecule has 80 valence electrons. The van der Waals surface area contributed by atoms with Crippen LogP contribution in [0.5, 0.6) is 5.75 Å². The van der Waals surface area contributed by atoms with E-state index in [-0.39, 0.29) is 12.2 Å². The number of phenolic OH excluding ortho intramolecular Hbond substituents is 1. The van der Waals surface area contributed by atoms with Crippen LogP contribution < -0.4 is 0 Å². The molecule has 4 nitrogen and oxygen atoms in total. The average Bonchev–Trinajstić information content (AvgIpc) is 2.20. The predicted molar refractivity (Wildman–Crippen MR) is 56.5 cm³/mol. The van der Waals surface area contributed by atoms with Crippen LogP contribution in [0.2, 0.25) is 0 Å². The highest BCUT2D eigenvalue weighted by atomic mass is 79.9. The van der Waals surface area contributed by atoms with E-state index in [2.05, 4.69) is 20.7 Å². The quantitative estimate of drug-likeness (QED) is 0.668. The lowest BCUT2D eigenvalue weighted by molar-refractivity contribution is -0.151. The molecular weight excluding hydrogens is 264 g/mol. The Kier molecular flexibility index (Phi) is 3.85. The fourth-order valence-electron chi connectivity index (χ4n) is 1.04. The topological polar surface area (TPSA) is 63.6 Å². The van der Waals surface area contributed by atoms with Gasteiger partial charge in [0.2, 0.25) is 5.78 Å². The Morgan fingerprint density at radius 3 is 2.67 bits per heavy atom. The number of hydrogen-bond donors (Lipinski definition) is 1. The van der Waals surface area contributed by atoms with Crippen LogP contribution in [0, 0.1) is 0 Å². The number of rotatable bonds is 3. The highest BCUT2D eigenvalue weighted by Crippen LogP contribution is 2.22. The molecule has 5 heteroatoms. The van der Waals surface area contributed by atoms with Gasteiger partial charge in [0.15, 0.2) is 0 Å². The van der Waals surface area contributed by atoms with Gasteiger partial charge in [0, 0.05) is 10.9 Å². The minimum absolute atomic E-state index is 0.0481. The van der Waals surface area contributed by atoms with Crippen molar-refractivity contribution in [1.29, 1.82) is 0 Å². The van der Waals surface area contributed by atoms with Crippen molar-refractivity contribution in [2.45, 2.75) is 6.42 Å². The van der Waals surface area contributed by atoms with E-state index >= 15 is 0 Å². The minimum atomic E-state index is -0.866. The molecule has 0 fully saturated rings. The first-order valence-corrected chi connectivity index (χ1v) is 4.92. The maximum Gasteiger partial charge on any atom is 0.374 e. The van der Waals surface area contributed by atoms with Crippen molar-refractivity contribution in [3.63, 3.8) is 0 Å². The van der Waals surface area contributed by atoms with E-state index < -0.39 is 11.8 Å². The molecule has 1 aromatic rings. The third-order valence-electron chi connectivity index (χ3n) is 1.80. The summed E-state index contributed by atoms with van der Waals surface area (Å²) in [5.74, 6) is -1.39. The number of benzene rings is 1. The molecule has 0 aliphatic carbocycles. The lowest BCUT2D eigenvalue weighted by Crippen LogP contribution is -2.17. The van der Waals surface area contributed by atoms with Crippen molar-refractivity contribution < 1.29 is 19.4 Å². The first-order chi connectivity index (χ1) is 7.04. The Balaban J connectivity index is 2.81. The number of carbonyl (C=O) groups excluding carboxylic acids is 2. The summed E-state index contributed by atoms with van der Waals surface area (Å²) in [5, 5.41) is 9.12. The molecule has 0 spiro atoms. The molecular formula is C10H9BrO4. The molecule has 0 saturated heterocycles. The number of phenols is 1. The van der Waals surface area contributed by atoms with Gasteiger partial charge in [-0.1, -0.05) is 22.0 Å². The van der Waals surface area contributed by atoms with Crippen molar-refractivity contribution >= 4 is 27.7 Å². The summed E-state index contributed by atoms with van der Waals surface area (Å²) in [7, 11) is 1.16. The van der Waals surface area contributed by atoms with Gasteiger partial charge in [0.25, 0.3) is 0 Å². The van der Waals surface area contributed by atoms with Crippen LogP contribution in [0.4, 0.5) is 0 Å². The maximum absolute atomic E-state index is 11.2. The van der Waals surface area contributed by atoms with Crippen LogP contribution in [-0.2, 0) is 20.7 Å². The summed E-state index contributed by atoms with van der Waals surface area (Å²) in [6.07, 6.45) is -0.0481. The summed E-state index contributed by atoms with van der Waals surface area (Å²) in [4.78, 5) is 22.1. The highest BCUT2D eigenvalue weighted by Gasteiger charge is 2.15. The van der Waals surface area contributed by atoms with Crippen molar-refractivity contribution in [3.8, 4) is 5.75 Å². The highest BCUT2D eigenvalue weighted by molar-refractivity contribution is 9.10. The van der Waals surface area contributed by atoms with E-state index in [1.807, 2.05) is 0 Å². The van der Waals surface area contributed by atoms with E-state index in [1.54, 1.807) is 6.07 Å². The molecule has 15 heavy (non-hydrogen) atoms. The fourth-order valence-corrected chi connectivity index (χ4v) is 1.55. The summed E-state index contributed by atoms with van der Waals surface area (Å²) in [6, 6.07) is 4.48. The Morgan fingerprint density at radius 2 is 2.13 bits per heavy atom. The van der Waals surface area contributed by atoms with Gasteiger partial charge < -0.3 is 9.84 Å². The lowest BCUT2D eigenvalue weighted by Gasteiger charge is -2.03. The molecule has 0 radical (unpaired) electrons. The number of carbonyl (C=O) groups is 2. The van der Waals surface area contributed by atoms with E-state index in [1.165, 1.54) is 12.1 Å². The largest absolute Gasteiger partial charge is 0.508 e. The van der Waals surface area contributed by atoms with Crippen molar-refractivity contribution in [2.75, 3.05) is 7.11 Å². The third kappa shape index (κ3) is 3.06. The molecule has 0 amide bonds. The van der Waals surface area contributed by atoms with Gasteiger partial charge in [-0.3, -0.25) is 4.79 Å². The van der Waals surface area contributed by atoms with Crippen LogP contribution in [0.15, 0.2) is 22.7 Å². The Hall–Kier alpha value is -1.36. The van der Waals surface area contributed by atoms with Crippen LogP contribution in [0.1, 0.15) is 5.56 Å². The average molecular weight is 273 g/mol. The SMILES string of the molecule is COC(=O)C(=O)Cc1ccc(O)cc1Br. The first kappa shape index (κ1) is 11.7. The van der Waals surface area contributed by atoms with Gasteiger partial charge in [-0.15, -0.1) is 0 Å². The minimum Gasteiger partial charge on any atom is -0.508 e. The molecule has 0 aliphatic heterocycles. The molecule has 0 atom stereocenters. The molecule has 0 saturated carbocycles. The second kappa shape index (κ2) is 4.93. The predicted octanol–water partition coefficient (Wildman–Crippen LogP) is 1.44. The summed E-state index contributed by atoms with van der Waals surface area (Å²) < 4.78 is 4.88. The first-order valence-electron chi connectivity index (χ1n) is 4.13. The van der Waals surface area contributed by atoms with Gasteiger partial charge >= 0.3 is 5.97 Å². The van der Waals surface area contributed by atoms with Crippen LogP contribution in [-0.4, -0.2) is 24.0 Å². The number of Topliss-reactive ketones (excluding diaryl/α,β-unsaturated/α-hetero) is 1. The maximum atomic E-state index is 11.2. The second-order valence-corrected chi connectivity index (χ2v) is 3.72. The van der Waals surface area contributed by atoms with Gasteiger partial charge in [-0.25, -0.2) is 4.79 Å². The number of hydrogen-bond acceptors (Lipinski definition) is 4. The summed E-state index contributed by atoms with van der Waals surface area (Å²) >= 11 is 3.18. The number of ether oxygens (including phenoxy) is 1. The Bertz CT molecular complexity index is 400. The smallest absolute Gasteiger partial charge is 0.374 e. The second-order valence-electron chi connectivity index (χ2n) is 2.87. The van der Waals surface area contributed by atoms with E-state index in [0.717, 1.165) is 7.11 Å². The molecule has 0 aliphatic rings. The molecule has 0 unspecified atom stereocenters. The molecule has 1 rings (SSSR count). The van der Waals surface area contributed by atoms with Gasteiger partial charge in [0.05, 0.1) is 7.11 Å². The zero-order valence-electron chi connectivity index (χ0n) is 7.99. The molecule has 1 aromatic carbocycles. The van der Waals surface area contributed by atoms with Crippen LogP contribution in [0.25, 0.3) is 0 Å². The Labute approximate surface area is 95.0 Å². The van der Waals surface area contributed by atoms with Crippen molar-refractivity contribution in [3.05, 3.63) is 28.2 Å². The normalized spacial score (nSPS) is 9.73. The monoisotopic (exact) mass is 272 g/mol. The molecule has 0 heterocycles. The van der Waals surface area contributed by atoms with E-state index in [0.29, 0.717) is 10.0 Å². The molecule has 0 bridgehead atoms. The number of ketones is 1. The lowest BCUT2D eigenvalue weighted by atomic mass is 10.1. The third-order valence-corrected chi connectivity index (χ3v) is 2.54. The molecule has 1 N–H and O–H groups in total. The Morgan fingerprint density at radius 1 is 1.47 bits per heavy atom. The number of esters is 1. The van der Waals surface area contributed by atoms with Gasteiger partial charge in [0.1, 0.15) is 5.75 Å². The van der Waals surface area contributed by atoms with Crippen LogP contribution in [0.3, 0.4) is 0 Å². The summed E-state index contributed by atoms with van der Waals surface area (Å²) in [5.41, 5.74) is 0.628. The van der Waals surface area contributed by atoms with E-state index in [9.17, 15) is 9.59 Å². The fraction of sp³-hybridized carbons (Fsp3) is 0.200. The summed E-state index contributed by atoms with van der Waals surface area (Å²) in [6.45, 7) is 0. The zero-order chi connectivity index (χ0) is 11.4. The number of halogens is 1. The van der Waals surface area contributed by atoms with Crippen molar-refractivity contribution in [2.24, 2.45) is 0 Å². The van der Waals surface area contributed by atoms with Gasteiger partial charge in [-0.2, -0.15) is 0 Å². The standard InChI is InChI=1S/C10H9BrO4/c1-15-10(14)9(13)4-6-2-3-7(12)5-8(6)11/h2-3,5,12H,4H2,1H3. The zero-order valence-corrected chi connectivity index (χ0v) is 9.58. The van der Waals surface area contributed by atoms with Crippen molar-refractivity contribution in [1.82, 2.24) is 0 Å². The van der Waals surface area contributed by atoms with Crippen LogP contribution >= 0.6 is 15.9 Å². The van der Waals surface area contributed by atoms with Gasteiger partial charge in [-0.05, 0) is 17.7 Å². The number of aromatic hydroxyl groups is 1.